The van der Waals surface area contributed by atoms with Crippen LogP contribution in [-0.2, 0) is 0 Å². The largest absolute Gasteiger partial charge is 0.360 e. The molecule has 2 amide bonds. The van der Waals surface area contributed by atoms with Crippen molar-refractivity contribution in [3.63, 3.8) is 0 Å². The zero-order chi connectivity index (χ0) is 14.4. The summed E-state index contributed by atoms with van der Waals surface area (Å²) in [5.41, 5.74) is 0. The molecule has 0 radical (unpaired) electrons. The minimum absolute atomic E-state index is 0.231. The number of carbonyl (C=O) groups excluding carboxylic acids is 1. The van der Waals surface area contributed by atoms with E-state index in [-0.39, 0.29) is 6.03 Å². The molecule has 112 valence electrons. The van der Waals surface area contributed by atoms with Crippen molar-refractivity contribution in [1.82, 2.24) is 15.4 Å². The standard InChI is InChI=1S/C14H24N4O2/c1-11-6-3-4-8-18(11)9-5-7-15-14(19)16-13-10-12(2)20-17-13/h10-11H,3-9H2,1-2H3,(H2,15,16,17,19). The Labute approximate surface area is 119 Å². The third-order valence-corrected chi connectivity index (χ3v) is 3.72. The summed E-state index contributed by atoms with van der Waals surface area (Å²) < 4.78 is 4.88. The summed E-state index contributed by atoms with van der Waals surface area (Å²) in [6, 6.07) is 2.13. The third kappa shape index (κ3) is 4.52. The van der Waals surface area contributed by atoms with E-state index in [0.717, 1.165) is 13.0 Å². The van der Waals surface area contributed by atoms with Gasteiger partial charge in [-0.25, -0.2) is 4.79 Å². The van der Waals surface area contributed by atoms with Crippen LogP contribution in [0.1, 0.15) is 38.4 Å². The van der Waals surface area contributed by atoms with E-state index in [2.05, 4.69) is 27.6 Å². The highest BCUT2D eigenvalue weighted by atomic mass is 16.5. The summed E-state index contributed by atoms with van der Waals surface area (Å²) >= 11 is 0. The predicted octanol–water partition coefficient (Wildman–Crippen LogP) is 2.37. The Balaban J connectivity index is 1.59. The van der Waals surface area contributed by atoms with Gasteiger partial charge < -0.3 is 14.7 Å². The molecular weight excluding hydrogens is 256 g/mol. The first-order valence-electron chi connectivity index (χ1n) is 7.37. The summed E-state index contributed by atoms with van der Waals surface area (Å²) in [5, 5.41) is 9.19. The molecule has 0 saturated carbocycles. The quantitative estimate of drug-likeness (QED) is 0.812. The van der Waals surface area contributed by atoms with Gasteiger partial charge >= 0.3 is 6.03 Å². The highest BCUT2D eigenvalue weighted by Crippen LogP contribution is 2.16. The maximum atomic E-state index is 11.6. The average Bonchev–Trinajstić information content (AvgIpc) is 2.82. The van der Waals surface area contributed by atoms with Crippen molar-refractivity contribution < 1.29 is 9.32 Å². The summed E-state index contributed by atoms with van der Waals surface area (Å²) in [6.45, 7) is 6.98. The number of likely N-dealkylation sites (tertiary alicyclic amines) is 1. The molecule has 2 N–H and O–H groups in total. The Bertz CT molecular complexity index is 433. The van der Waals surface area contributed by atoms with Gasteiger partial charge in [-0.3, -0.25) is 5.32 Å². The molecule has 1 aliphatic rings. The zero-order valence-corrected chi connectivity index (χ0v) is 12.3. The van der Waals surface area contributed by atoms with Gasteiger partial charge in [0, 0.05) is 25.2 Å². The Morgan fingerprint density at radius 3 is 3.10 bits per heavy atom. The minimum atomic E-state index is -0.231. The highest BCUT2D eigenvalue weighted by Gasteiger charge is 2.17. The van der Waals surface area contributed by atoms with E-state index >= 15 is 0 Å². The Hall–Kier alpha value is -1.56. The van der Waals surface area contributed by atoms with Crippen molar-refractivity contribution in [3.05, 3.63) is 11.8 Å². The second-order valence-corrected chi connectivity index (χ2v) is 5.44. The molecule has 2 heterocycles. The summed E-state index contributed by atoms with van der Waals surface area (Å²) in [4.78, 5) is 14.1. The number of piperidine rings is 1. The van der Waals surface area contributed by atoms with E-state index in [9.17, 15) is 4.79 Å². The molecular formula is C14H24N4O2. The highest BCUT2D eigenvalue weighted by molar-refractivity contribution is 5.88. The van der Waals surface area contributed by atoms with Crippen LogP contribution in [0.15, 0.2) is 10.6 Å². The number of anilines is 1. The van der Waals surface area contributed by atoms with Crippen LogP contribution in [-0.4, -0.2) is 41.8 Å². The molecule has 0 aliphatic carbocycles. The van der Waals surface area contributed by atoms with Gasteiger partial charge in [0.05, 0.1) is 0 Å². The van der Waals surface area contributed by atoms with Crippen molar-refractivity contribution in [2.45, 2.75) is 45.6 Å². The second kappa shape index (κ2) is 7.28. The molecule has 1 fully saturated rings. The van der Waals surface area contributed by atoms with Crippen LogP contribution < -0.4 is 10.6 Å². The molecule has 1 unspecified atom stereocenters. The number of nitrogens with zero attached hydrogens (tertiary/aromatic N) is 2. The van der Waals surface area contributed by atoms with Crippen LogP contribution in [0.5, 0.6) is 0 Å². The summed E-state index contributed by atoms with van der Waals surface area (Å²) in [5.74, 6) is 1.13. The molecule has 1 aromatic heterocycles. The van der Waals surface area contributed by atoms with Gasteiger partial charge in [0.1, 0.15) is 5.76 Å². The number of nitrogens with one attached hydrogen (secondary N) is 2. The van der Waals surface area contributed by atoms with Crippen LogP contribution >= 0.6 is 0 Å². The number of aromatic nitrogens is 1. The fourth-order valence-corrected chi connectivity index (χ4v) is 2.56. The monoisotopic (exact) mass is 280 g/mol. The lowest BCUT2D eigenvalue weighted by Gasteiger charge is -2.33. The number of hydrogen-bond donors (Lipinski definition) is 2. The first kappa shape index (κ1) is 14.8. The Morgan fingerprint density at radius 2 is 2.40 bits per heavy atom. The number of aryl methyl sites for hydroxylation is 1. The number of amides is 2. The molecule has 1 atom stereocenters. The smallest absolute Gasteiger partial charge is 0.320 e. The first-order chi connectivity index (χ1) is 9.65. The minimum Gasteiger partial charge on any atom is -0.360 e. The first-order valence-corrected chi connectivity index (χ1v) is 7.37. The van der Waals surface area contributed by atoms with Gasteiger partial charge in [-0.2, -0.15) is 0 Å². The molecule has 20 heavy (non-hydrogen) atoms. The van der Waals surface area contributed by atoms with Gasteiger partial charge in [-0.1, -0.05) is 11.6 Å². The van der Waals surface area contributed by atoms with Crippen molar-refractivity contribution in [1.29, 1.82) is 0 Å². The Kier molecular flexibility index (Phi) is 5.40. The lowest BCUT2D eigenvalue weighted by atomic mass is 10.0. The third-order valence-electron chi connectivity index (χ3n) is 3.72. The van der Waals surface area contributed by atoms with Crippen molar-refractivity contribution in [3.8, 4) is 0 Å². The normalized spacial score (nSPS) is 19.8. The topological polar surface area (TPSA) is 70.4 Å². The average molecular weight is 280 g/mol. The van der Waals surface area contributed by atoms with E-state index in [1.54, 1.807) is 13.0 Å². The van der Waals surface area contributed by atoms with E-state index in [4.69, 9.17) is 4.52 Å². The van der Waals surface area contributed by atoms with E-state index < -0.39 is 0 Å². The molecule has 0 bridgehead atoms. The molecule has 1 aromatic rings. The van der Waals surface area contributed by atoms with Gasteiger partial charge in [0.2, 0.25) is 0 Å². The number of rotatable bonds is 5. The van der Waals surface area contributed by atoms with Gasteiger partial charge in [0.25, 0.3) is 0 Å². The van der Waals surface area contributed by atoms with Crippen LogP contribution in [0, 0.1) is 6.92 Å². The molecule has 0 aromatic carbocycles. The van der Waals surface area contributed by atoms with Crippen molar-refractivity contribution in [2.75, 3.05) is 25.0 Å². The van der Waals surface area contributed by atoms with Crippen LogP contribution in [0.2, 0.25) is 0 Å². The fourth-order valence-electron chi connectivity index (χ4n) is 2.56. The lowest BCUT2D eigenvalue weighted by Crippen LogP contribution is -2.39. The number of hydrogen-bond acceptors (Lipinski definition) is 4. The summed E-state index contributed by atoms with van der Waals surface area (Å²) in [6.07, 6.45) is 4.90. The fraction of sp³-hybridized carbons (Fsp3) is 0.714. The molecule has 6 heteroatoms. The van der Waals surface area contributed by atoms with Gasteiger partial charge in [-0.05, 0) is 39.7 Å². The lowest BCUT2D eigenvalue weighted by molar-refractivity contribution is 0.159. The second-order valence-electron chi connectivity index (χ2n) is 5.44. The zero-order valence-electron chi connectivity index (χ0n) is 12.3. The molecule has 0 spiro atoms. The molecule has 6 nitrogen and oxygen atoms in total. The SMILES string of the molecule is Cc1cc(NC(=O)NCCCN2CCCCC2C)no1. The van der Waals surface area contributed by atoms with Crippen LogP contribution in [0.4, 0.5) is 10.6 Å². The Morgan fingerprint density at radius 1 is 1.55 bits per heavy atom. The van der Waals surface area contributed by atoms with Gasteiger partial charge in [-0.15, -0.1) is 0 Å². The number of carbonyl (C=O) groups is 1. The summed E-state index contributed by atoms with van der Waals surface area (Å²) in [7, 11) is 0. The molecule has 1 aliphatic heterocycles. The predicted molar refractivity (Wildman–Crippen MR) is 77.8 cm³/mol. The maximum absolute atomic E-state index is 11.6. The van der Waals surface area contributed by atoms with Crippen LogP contribution in [0.25, 0.3) is 0 Å². The van der Waals surface area contributed by atoms with E-state index in [1.165, 1.54) is 25.8 Å². The maximum Gasteiger partial charge on any atom is 0.320 e. The molecule has 2 rings (SSSR count). The van der Waals surface area contributed by atoms with Crippen molar-refractivity contribution >= 4 is 11.8 Å². The van der Waals surface area contributed by atoms with E-state index in [0.29, 0.717) is 24.2 Å². The van der Waals surface area contributed by atoms with Gasteiger partial charge in [0.15, 0.2) is 5.82 Å². The van der Waals surface area contributed by atoms with Crippen molar-refractivity contribution in [2.24, 2.45) is 0 Å². The van der Waals surface area contributed by atoms with Crippen LogP contribution in [0.3, 0.4) is 0 Å². The molecule has 1 saturated heterocycles. The number of urea groups is 1. The van der Waals surface area contributed by atoms with E-state index in [1.807, 2.05) is 0 Å².